The van der Waals surface area contributed by atoms with Crippen LogP contribution >= 0.6 is 0 Å². The largest absolute Gasteiger partial charge is 0.371 e. The molecule has 2 aromatic carbocycles. The van der Waals surface area contributed by atoms with Crippen molar-refractivity contribution in [2.45, 2.75) is 32.4 Å². The molecule has 1 N–H and O–H groups in total. The number of piperidine rings is 1. The molecule has 5 nitrogen and oxygen atoms in total. The second-order valence-electron chi connectivity index (χ2n) is 6.53. The smallest absolute Gasteiger partial charge is 0.139 e. The Hall–Kier alpha value is -2.40. The van der Waals surface area contributed by atoms with Gasteiger partial charge in [0.15, 0.2) is 0 Å². The van der Waals surface area contributed by atoms with E-state index in [2.05, 4.69) is 57.8 Å². The van der Waals surface area contributed by atoms with Crippen LogP contribution < -0.4 is 10.2 Å². The van der Waals surface area contributed by atoms with Gasteiger partial charge in [0, 0.05) is 31.4 Å². The van der Waals surface area contributed by atoms with Crippen LogP contribution in [0.3, 0.4) is 0 Å². The van der Waals surface area contributed by atoms with Gasteiger partial charge in [0.1, 0.15) is 11.0 Å². The molecule has 124 valence electrons. The summed E-state index contributed by atoms with van der Waals surface area (Å²) in [5, 5.41) is 11.6. The van der Waals surface area contributed by atoms with E-state index in [1.807, 2.05) is 12.1 Å². The highest BCUT2D eigenvalue weighted by Gasteiger charge is 2.19. The molecule has 1 aromatic heterocycles. The fourth-order valence-corrected chi connectivity index (χ4v) is 3.43. The van der Waals surface area contributed by atoms with Crippen molar-refractivity contribution >= 4 is 16.7 Å². The van der Waals surface area contributed by atoms with Crippen LogP contribution in [0, 0.1) is 6.92 Å². The number of benzene rings is 2. The van der Waals surface area contributed by atoms with Crippen molar-refractivity contribution < 1.29 is 4.63 Å². The molecule has 0 spiro atoms. The van der Waals surface area contributed by atoms with Gasteiger partial charge in [0.2, 0.25) is 0 Å². The SMILES string of the molecule is Cc1cccc(N2CCC(NCc3cccc4nonc34)CC2)c1. The summed E-state index contributed by atoms with van der Waals surface area (Å²) in [4.78, 5) is 2.48. The maximum atomic E-state index is 4.84. The van der Waals surface area contributed by atoms with Gasteiger partial charge in [-0.05, 0) is 59.4 Å². The van der Waals surface area contributed by atoms with E-state index in [0.29, 0.717) is 6.04 Å². The summed E-state index contributed by atoms with van der Waals surface area (Å²) in [5.41, 5.74) is 5.49. The summed E-state index contributed by atoms with van der Waals surface area (Å²) in [7, 11) is 0. The van der Waals surface area contributed by atoms with Gasteiger partial charge in [-0.1, -0.05) is 24.3 Å². The first-order valence-corrected chi connectivity index (χ1v) is 8.55. The number of nitrogens with zero attached hydrogens (tertiary/aromatic N) is 3. The average Bonchev–Trinajstić information content (AvgIpc) is 3.10. The van der Waals surface area contributed by atoms with Crippen molar-refractivity contribution in [1.82, 2.24) is 15.6 Å². The third kappa shape index (κ3) is 3.12. The molecule has 24 heavy (non-hydrogen) atoms. The predicted molar refractivity (Wildman–Crippen MR) is 95.1 cm³/mol. The van der Waals surface area contributed by atoms with E-state index in [-0.39, 0.29) is 0 Å². The van der Waals surface area contributed by atoms with Crippen molar-refractivity contribution in [3.8, 4) is 0 Å². The zero-order valence-corrected chi connectivity index (χ0v) is 13.9. The average molecular weight is 322 g/mol. The van der Waals surface area contributed by atoms with Crippen LogP contribution in [0.1, 0.15) is 24.0 Å². The summed E-state index contributed by atoms with van der Waals surface area (Å²) in [6, 6.07) is 15.3. The Kier molecular flexibility index (Phi) is 4.17. The fraction of sp³-hybridized carbons (Fsp3) is 0.368. The fourth-order valence-electron chi connectivity index (χ4n) is 3.43. The van der Waals surface area contributed by atoms with Crippen molar-refractivity contribution in [1.29, 1.82) is 0 Å². The van der Waals surface area contributed by atoms with Gasteiger partial charge in [-0.15, -0.1) is 0 Å². The topological polar surface area (TPSA) is 54.2 Å². The molecular weight excluding hydrogens is 300 g/mol. The third-order valence-corrected chi connectivity index (χ3v) is 4.81. The molecule has 1 fully saturated rings. The summed E-state index contributed by atoms with van der Waals surface area (Å²) in [6.45, 7) is 5.14. The van der Waals surface area contributed by atoms with Crippen LogP contribution in [0.15, 0.2) is 47.1 Å². The Morgan fingerprint density at radius 3 is 2.79 bits per heavy atom. The molecule has 0 saturated carbocycles. The van der Waals surface area contributed by atoms with Crippen molar-refractivity contribution in [3.05, 3.63) is 53.6 Å². The van der Waals surface area contributed by atoms with Crippen LogP contribution in [0.5, 0.6) is 0 Å². The molecule has 1 aliphatic rings. The zero-order chi connectivity index (χ0) is 16.4. The first kappa shape index (κ1) is 15.1. The number of aromatic nitrogens is 2. The Labute approximate surface area is 141 Å². The predicted octanol–water partition coefficient (Wildman–Crippen LogP) is 3.29. The Balaban J connectivity index is 1.34. The Morgan fingerprint density at radius 1 is 1.12 bits per heavy atom. The number of rotatable bonds is 4. The number of hydrogen-bond donors (Lipinski definition) is 1. The molecule has 0 aliphatic carbocycles. The molecule has 0 bridgehead atoms. The number of nitrogens with one attached hydrogen (secondary N) is 1. The van der Waals surface area contributed by atoms with Gasteiger partial charge in [0.05, 0.1) is 0 Å². The van der Waals surface area contributed by atoms with E-state index in [1.165, 1.54) is 11.3 Å². The maximum absolute atomic E-state index is 4.84. The molecule has 4 rings (SSSR count). The Bertz CT molecular complexity index is 821. The van der Waals surface area contributed by atoms with Crippen LogP contribution in [0.25, 0.3) is 11.0 Å². The van der Waals surface area contributed by atoms with Gasteiger partial charge in [-0.3, -0.25) is 0 Å². The molecule has 1 saturated heterocycles. The van der Waals surface area contributed by atoms with Gasteiger partial charge in [-0.2, -0.15) is 0 Å². The number of hydrogen-bond acceptors (Lipinski definition) is 5. The van der Waals surface area contributed by atoms with Crippen molar-refractivity contribution in [2.24, 2.45) is 0 Å². The zero-order valence-electron chi connectivity index (χ0n) is 13.9. The van der Waals surface area contributed by atoms with E-state index in [1.54, 1.807) is 0 Å². The van der Waals surface area contributed by atoms with Crippen molar-refractivity contribution in [3.63, 3.8) is 0 Å². The lowest BCUT2D eigenvalue weighted by Gasteiger charge is -2.34. The molecular formula is C19H22N4O. The normalized spacial score (nSPS) is 16.0. The maximum Gasteiger partial charge on any atom is 0.139 e. The van der Waals surface area contributed by atoms with E-state index >= 15 is 0 Å². The van der Waals surface area contributed by atoms with Crippen molar-refractivity contribution in [2.75, 3.05) is 18.0 Å². The number of anilines is 1. The second kappa shape index (κ2) is 6.61. The van der Waals surface area contributed by atoms with Gasteiger partial charge in [0.25, 0.3) is 0 Å². The van der Waals surface area contributed by atoms with Crippen LogP contribution in [-0.4, -0.2) is 29.4 Å². The highest BCUT2D eigenvalue weighted by Crippen LogP contribution is 2.21. The lowest BCUT2D eigenvalue weighted by molar-refractivity contribution is 0.315. The van der Waals surface area contributed by atoms with Gasteiger partial charge in [-0.25, -0.2) is 4.63 Å². The lowest BCUT2D eigenvalue weighted by atomic mass is 10.0. The molecule has 0 amide bonds. The van der Waals surface area contributed by atoms with E-state index in [4.69, 9.17) is 4.63 Å². The van der Waals surface area contributed by atoms with Crippen LogP contribution in [0.4, 0.5) is 5.69 Å². The second-order valence-corrected chi connectivity index (χ2v) is 6.53. The Morgan fingerprint density at radius 2 is 1.96 bits per heavy atom. The van der Waals surface area contributed by atoms with E-state index in [0.717, 1.165) is 49.1 Å². The minimum absolute atomic E-state index is 0.543. The molecule has 0 atom stereocenters. The highest BCUT2D eigenvalue weighted by atomic mass is 16.6. The molecule has 2 heterocycles. The summed E-state index contributed by atoms with van der Waals surface area (Å²) >= 11 is 0. The standard InChI is InChI=1S/C19H22N4O/c1-14-4-2-6-17(12-14)23-10-8-16(9-11-23)20-13-15-5-3-7-18-19(15)22-24-21-18/h2-7,12,16,20H,8-11,13H2,1H3. The lowest BCUT2D eigenvalue weighted by Crippen LogP contribution is -2.42. The molecule has 0 unspecified atom stereocenters. The number of fused-ring (bicyclic) bond motifs is 1. The summed E-state index contributed by atoms with van der Waals surface area (Å²) in [5.74, 6) is 0. The minimum Gasteiger partial charge on any atom is -0.371 e. The summed E-state index contributed by atoms with van der Waals surface area (Å²) in [6.07, 6.45) is 2.31. The van der Waals surface area contributed by atoms with Crippen LogP contribution in [-0.2, 0) is 6.54 Å². The highest BCUT2D eigenvalue weighted by molar-refractivity contribution is 5.76. The van der Waals surface area contributed by atoms with Gasteiger partial charge >= 0.3 is 0 Å². The summed E-state index contributed by atoms with van der Waals surface area (Å²) < 4.78 is 4.84. The molecule has 0 radical (unpaired) electrons. The first-order valence-electron chi connectivity index (χ1n) is 8.55. The quantitative estimate of drug-likeness (QED) is 0.799. The molecule has 5 heteroatoms. The van der Waals surface area contributed by atoms with E-state index < -0.39 is 0 Å². The molecule has 1 aliphatic heterocycles. The third-order valence-electron chi connectivity index (χ3n) is 4.81. The van der Waals surface area contributed by atoms with Gasteiger partial charge < -0.3 is 10.2 Å². The van der Waals surface area contributed by atoms with E-state index in [9.17, 15) is 0 Å². The van der Waals surface area contributed by atoms with Crippen LogP contribution in [0.2, 0.25) is 0 Å². The molecule has 3 aromatic rings. The number of aryl methyl sites for hydroxylation is 1. The first-order chi connectivity index (χ1) is 11.8. The monoisotopic (exact) mass is 322 g/mol. The minimum atomic E-state index is 0.543.